The molecule has 6 saturated heterocycles. The molecule has 386 valence electrons. The molecule has 6 aliphatic rings. The first kappa shape index (κ1) is 55.4. The van der Waals surface area contributed by atoms with Crippen molar-refractivity contribution in [3.05, 3.63) is 36.4 Å². The molecule has 2 aromatic rings. The summed E-state index contributed by atoms with van der Waals surface area (Å²) in [5.41, 5.74) is 0.927. The number of anilines is 1. The molecule has 68 heavy (non-hydrogen) atoms. The van der Waals surface area contributed by atoms with E-state index in [1.165, 1.54) is 0 Å². The third-order valence-electron chi connectivity index (χ3n) is 11.9. The van der Waals surface area contributed by atoms with Gasteiger partial charge in [0.1, 0.15) is 0 Å². The van der Waals surface area contributed by atoms with Crippen LogP contribution < -0.4 is 9.62 Å². The van der Waals surface area contributed by atoms with Crippen LogP contribution in [-0.2, 0) is 59.4 Å². The Morgan fingerprint density at radius 3 is 1.00 bits per heavy atom. The van der Waals surface area contributed by atoms with Gasteiger partial charge < -0.3 is 54.3 Å². The van der Waals surface area contributed by atoms with Gasteiger partial charge in [0.25, 0.3) is 0 Å². The van der Waals surface area contributed by atoms with Gasteiger partial charge in [0.15, 0.2) is 0 Å². The number of fused-ring (bicyclic) bond motifs is 1. The molecule has 0 aliphatic carbocycles. The van der Waals surface area contributed by atoms with Gasteiger partial charge in [-0.2, -0.15) is 0 Å². The maximum absolute atomic E-state index is 14.4. The van der Waals surface area contributed by atoms with Crippen LogP contribution in [0.4, 0.5) is 5.69 Å². The molecule has 25 heteroatoms. The van der Waals surface area contributed by atoms with Crippen LogP contribution in [0.3, 0.4) is 0 Å². The average molecular weight is 1110 g/mol. The van der Waals surface area contributed by atoms with Crippen molar-refractivity contribution in [2.75, 3.05) is 25.5 Å². The molecule has 0 amide bonds. The maximum atomic E-state index is 14.4. The summed E-state index contributed by atoms with van der Waals surface area (Å²) in [6.45, 7) is 29.9. The standard InChI is InChI=1S/C43H82N2O14SSi8/c1-33(2)26-62-48-61(25-19-24-44-60(46,47)43-23-18-20-40-41(43)21-17-22-42(40)45(15)16)49-63(27-34(3)4)53-65(51-62,29-36(7)8)57-68(32-39(13)14)58-66(52-62,30-37(9)10)54-64(50-61,28-35(5)6)56-67(55-63,59-68)31-38(11)12/h17-18,20-23,33-39,44H,19,24-32H2,1-16H3. The van der Waals surface area contributed by atoms with E-state index in [9.17, 15) is 8.42 Å². The highest BCUT2D eigenvalue weighted by Gasteiger charge is 2.83. The first-order valence-electron chi connectivity index (χ1n) is 25.1. The Kier molecular flexibility index (Phi) is 16.6. The zero-order valence-electron chi connectivity index (χ0n) is 43.6. The largest absolute Gasteiger partial charge is 0.479 e. The second-order valence-corrected chi connectivity index (χ2v) is 48.7. The van der Waals surface area contributed by atoms with Crippen LogP contribution in [0.15, 0.2) is 41.3 Å². The van der Waals surface area contributed by atoms with Crippen LogP contribution in [0.2, 0.25) is 48.4 Å². The fourth-order valence-corrected chi connectivity index (χ4v) is 63.2. The van der Waals surface area contributed by atoms with Crippen LogP contribution in [0.25, 0.3) is 10.8 Å². The average Bonchev–Trinajstić information content (AvgIpc) is 3.10. The zero-order valence-corrected chi connectivity index (χ0v) is 52.5. The van der Waals surface area contributed by atoms with Crippen molar-refractivity contribution < 1.29 is 57.8 Å². The molecule has 2 aromatic carbocycles. The van der Waals surface area contributed by atoms with Crippen molar-refractivity contribution in [2.45, 2.75) is 157 Å². The Labute approximate surface area is 417 Å². The number of rotatable bonds is 21. The second kappa shape index (κ2) is 20.4. The normalized spacial score (nSPS) is 35.0. The van der Waals surface area contributed by atoms with Gasteiger partial charge in [0.2, 0.25) is 10.0 Å². The summed E-state index contributed by atoms with van der Waals surface area (Å²) in [5, 5.41) is 1.48. The number of nitrogens with one attached hydrogen (secondary N) is 1. The van der Waals surface area contributed by atoms with Crippen LogP contribution >= 0.6 is 0 Å². The van der Waals surface area contributed by atoms with Crippen molar-refractivity contribution in [3.8, 4) is 0 Å². The van der Waals surface area contributed by atoms with Crippen LogP contribution in [0.1, 0.15) is 103 Å². The minimum Gasteiger partial charge on any atom is -0.377 e. The lowest BCUT2D eigenvalue weighted by molar-refractivity contribution is -0.0341. The summed E-state index contributed by atoms with van der Waals surface area (Å²) in [4.78, 5) is 2.19. The molecule has 0 unspecified atom stereocenters. The lowest BCUT2D eigenvalue weighted by atomic mass is 10.1. The van der Waals surface area contributed by atoms with Gasteiger partial charge in [0.05, 0.1) is 4.90 Å². The van der Waals surface area contributed by atoms with Gasteiger partial charge >= 0.3 is 70.4 Å². The summed E-state index contributed by atoms with van der Waals surface area (Å²) in [6, 6.07) is 14.1. The van der Waals surface area contributed by atoms with Crippen LogP contribution in [-0.4, -0.2) is 99.5 Å². The lowest BCUT2D eigenvalue weighted by Crippen LogP contribution is -2.88. The Morgan fingerprint density at radius 1 is 0.426 bits per heavy atom. The van der Waals surface area contributed by atoms with E-state index in [-0.39, 0.29) is 65.3 Å². The molecule has 0 atom stereocenters. The van der Waals surface area contributed by atoms with Crippen LogP contribution in [0, 0.1) is 41.4 Å². The van der Waals surface area contributed by atoms with Crippen molar-refractivity contribution in [2.24, 2.45) is 41.4 Å². The zero-order chi connectivity index (χ0) is 49.9. The van der Waals surface area contributed by atoms with Gasteiger partial charge in [-0.15, -0.1) is 0 Å². The SMILES string of the molecule is CC(C)C[Si]12O[Si]3(CCCNS(=O)(=O)c4cccc5c(N(C)C)cccc45)O[Si]4(CC(C)C)O[Si](CC(C)C)(O1)O[Si]1(CC(C)C)O[Si](CC(C)C)(O2)O[Si](CC(C)C)(O3)O[Si](CC(C)C)(O4)O1. The van der Waals surface area contributed by atoms with Gasteiger partial charge in [-0.25, -0.2) is 13.1 Å². The lowest BCUT2D eigenvalue weighted by Gasteiger charge is -2.64. The van der Waals surface area contributed by atoms with Gasteiger partial charge in [0, 0.05) is 85.5 Å². The Hall–Kier alpha value is -0.335. The molecular weight excluding hydrogens is 1030 g/mol. The first-order chi connectivity index (χ1) is 31.5. The predicted molar refractivity (Wildman–Crippen MR) is 279 cm³/mol. The van der Waals surface area contributed by atoms with Crippen molar-refractivity contribution in [1.29, 1.82) is 0 Å². The van der Waals surface area contributed by atoms with E-state index in [0.717, 1.165) is 11.1 Å². The first-order valence-corrected chi connectivity index (χ1v) is 42.1. The molecule has 6 heterocycles. The summed E-state index contributed by atoms with van der Waals surface area (Å²) in [7, 11) is -32.8. The molecule has 0 spiro atoms. The van der Waals surface area contributed by atoms with Crippen LogP contribution in [0.5, 0.6) is 0 Å². The molecule has 6 fully saturated rings. The van der Waals surface area contributed by atoms with E-state index >= 15 is 0 Å². The van der Waals surface area contributed by atoms with Crippen molar-refractivity contribution in [1.82, 2.24) is 4.72 Å². The van der Waals surface area contributed by atoms with Crippen molar-refractivity contribution >= 4 is 96.9 Å². The van der Waals surface area contributed by atoms with Crippen molar-refractivity contribution in [3.63, 3.8) is 0 Å². The van der Waals surface area contributed by atoms with E-state index < -0.39 is 80.5 Å². The summed E-state index contributed by atoms with van der Waals surface area (Å²) in [5.74, 6) is 0.304. The summed E-state index contributed by atoms with van der Waals surface area (Å²) in [6.07, 6.45) is 0.273. The van der Waals surface area contributed by atoms with E-state index in [0.29, 0.717) is 47.7 Å². The Balaban J connectivity index is 1.44. The molecule has 0 aromatic heterocycles. The smallest absolute Gasteiger partial charge is 0.377 e. The third kappa shape index (κ3) is 12.3. The molecule has 1 N–H and O–H groups in total. The molecule has 8 rings (SSSR count). The van der Waals surface area contributed by atoms with Gasteiger partial charge in [-0.05, 0) is 60.0 Å². The third-order valence-corrected chi connectivity index (χ3v) is 53.5. The minimum absolute atomic E-state index is 0.0207. The summed E-state index contributed by atoms with van der Waals surface area (Å²) < 4.78 is 126. The maximum Gasteiger partial charge on any atom is 0.479 e. The second-order valence-electron chi connectivity index (χ2n) is 22.9. The monoisotopic (exact) mass is 1110 g/mol. The number of hydrogen-bond acceptors (Lipinski definition) is 15. The topological polar surface area (TPSA) is 160 Å². The Bertz CT molecular complexity index is 2060. The summed E-state index contributed by atoms with van der Waals surface area (Å²) >= 11 is 0. The molecule has 16 nitrogen and oxygen atoms in total. The number of hydrogen-bond donors (Lipinski definition) is 1. The predicted octanol–water partition coefficient (Wildman–Crippen LogP) is 9.94. The quantitative estimate of drug-likeness (QED) is 0.0929. The van der Waals surface area contributed by atoms with Gasteiger partial charge in [-0.1, -0.05) is 121 Å². The fraction of sp³-hybridized carbons (Fsp3) is 0.767. The molecule has 0 radical (unpaired) electrons. The highest BCUT2D eigenvalue weighted by molar-refractivity contribution is 7.89. The number of sulfonamides is 1. The highest BCUT2D eigenvalue weighted by atomic mass is 32.2. The van der Waals surface area contributed by atoms with Gasteiger partial charge in [-0.3, -0.25) is 0 Å². The Morgan fingerprint density at radius 2 is 0.706 bits per heavy atom. The van der Waals surface area contributed by atoms with E-state index in [4.69, 9.17) is 49.4 Å². The molecule has 6 aliphatic heterocycles. The molecule has 8 bridgehead atoms. The van der Waals surface area contributed by atoms with E-state index in [1.54, 1.807) is 12.1 Å². The number of benzene rings is 2. The van der Waals surface area contributed by atoms with E-state index in [1.807, 2.05) is 43.3 Å². The molecule has 0 saturated carbocycles. The number of nitrogens with zero attached hydrogens (tertiary/aromatic N) is 1. The minimum atomic E-state index is -4.27. The van der Waals surface area contributed by atoms with E-state index in [2.05, 4.69) is 102 Å². The fourth-order valence-electron chi connectivity index (χ4n) is 10.3. The highest BCUT2D eigenvalue weighted by Crippen LogP contribution is 2.56. The molecular formula is C43H82N2O14SSi8.